The molecule has 0 saturated carbocycles. The van der Waals surface area contributed by atoms with Crippen molar-refractivity contribution >= 4 is 17.3 Å². The van der Waals surface area contributed by atoms with Crippen LogP contribution in [0.1, 0.15) is 5.56 Å². The summed E-state index contributed by atoms with van der Waals surface area (Å²) in [6.45, 7) is 0. The average molecular weight is 274 g/mol. The molecule has 0 atom stereocenters. The fourth-order valence-corrected chi connectivity index (χ4v) is 1.53. The molecule has 94 valence electrons. The molecular weight excluding hydrogens is 267 g/mol. The van der Waals surface area contributed by atoms with Crippen molar-refractivity contribution < 1.29 is 13.2 Å². The first-order valence-electron chi connectivity index (χ1n) is 4.82. The SMILES string of the molecule is Nc1cnc(-c2ccc(Cl)cn2)c(C(F)(F)F)c1. The van der Waals surface area contributed by atoms with E-state index in [0.29, 0.717) is 5.02 Å². The van der Waals surface area contributed by atoms with E-state index in [1.165, 1.54) is 18.3 Å². The number of pyridine rings is 2. The molecule has 0 aliphatic heterocycles. The molecule has 0 unspecified atom stereocenters. The predicted octanol–water partition coefficient (Wildman–Crippen LogP) is 3.40. The number of hydrogen-bond donors (Lipinski definition) is 1. The number of nitrogens with zero attached hydrogens (tertiary/aromatic N) is 2. The summed E-state index contributed by atoms with van der Waals surface area (Å²) >= 11 is 5.63. The van der Waals surface area contributed by atoms with Crippen molar-refractivity contribution in [3.63, 3.8) is 0 Å². The van der Waals surface area contributed by atoms with Crippen LogP contribution in [-0.4, -0.2) is 9.97 Å². The first kappa shape index (κ1) is 12.6. The second-order valence-corrected chi connectivity index (χ2v) is 3.96. The summed E-state index contributed by atoms with van der Waals surface area (Å²) in [4.78, 5) is 7.51. The molecule has 0 spiro atoms. The van der Waals surface area contributed by atoms with Crippen LogP contribution in [0, 0.1) is 0 Å². The van der Waals surface area contributed by atoms with E-state index in [2.05, 4.69) is 9.97 Å². The first-order valence-corrected chi connectivity index (χ1v) is 5.20. The smallest absolute Gasteiger partial charge is 0.397 e. The number of nitrogen functional groups attached to an aromatic ring is 1. The number of alkyl halides is 3. The van der Waals surface area contributed by atoms with Crippen LogP contribution in [0.5, 0.6) is 0 Å². The number of nitrogens with two attached hydrogens (primary N) is 1. The van der Waals surface area contributed by atoms with Crippen molar-refractivity contribution in [2.24, 2.45) is 0 Å². The van der Waals surface area contributed by atoms with Crippen LogP contribution in [0.3, 0.4) is 0 Å². The van der Waals surface area contributed by atoms with Gasteiger partial charge >= 0.3 is 6.18 Å². The predicted molar refractivity (Wildman–Crippen MR) is 61.9 cm³/mol. The molecule has 0 aromatic carbocycles. The van der Waals surface area contributed by atoms with E-state index in [9.17, 15) is 13.2 Å². The summed E-state index contributed by atoms with van der Waals surface area (Å²) in [7, 11) is 0. The summed E-state index contributed by atoms with van der Waals surface area (Å²) in [6, 6.07) is 3.65. The minimum Gasteiger partial charge on any atom is -0.397 e. The molecular formula is C11H7ClF3N3. The third kappa shape index (κ3) is 2.53. The second kappa shape index (κ2) is 4.45. The fourth-order valence-electron chi connectivity index (χ4n) is 1.42. The lowest BCUT2D eigenvalue weighted by atomic mass is 10.1. The van der Waals surface area contributed by atoms with E-state index in [0.717, 1.165) is 12.3 Å². The molecule has 3 nitrogen and oxygen atoms in total. The maximum Gasteiger partial charge on any atom is 0.418 e. The summed E-state index contributed by atoms with van der Waals surface area (Å²) in [5.74, 6) is 0. The Morgan fingerprint density at radius 1 is 1.11 bits per heavy atom. The van der Waals surface area contributed by atoms with Gasteiger partial charge in [-0.25, -0.2) is 0 Å². The van der Waals surface area contributed by atoms with E-state index >= 15 is 0 Å². The van der Waals surface area contributed by atoms with Gasteiger partial charge in [-0.3, -0.25) is 9.97 Å². The number of anilines is 1. The molecule has 0 aliphatic carbocycles. The topological polar surface area (TPSA) is 51.8 Å². The third-order valence-electron chi connectivity index (χ3n) is 2.18. The Morgan fingerprint density at radius 2 is 1.83 bits per heavy atom. The maximum absolute atomic E-state index is 12.8. The standard InChI is InChI=1S/C11H7ClF3N3/c12-6-1-2-9(17-4-6)10-8(11(13,14)15)3-7(16)5-18-10/h1-5H,16H2. The zero-order valence-electron chi connectivity index (χ0n) is 8.87. The van der Waals surface area contributed by atoms with Crippen LogP contribution >= 0.6 is 11.6 Å². The van der Waals surface area contributed by atoms with Gasteiger partial charge in [-0.1, -0.05) is 11.6 Å². The molecule has 18 heavy (non-hydrogen) atoms. The first-order chi connectivity index (χ1) is 8.38. The largest absolute Gasteiger partial charge is 0.418 e. The quantitative estimate of drug-likeness (QED) is 0.866. The van der Waals surface area contributed by atoms with Crippen molar-refractivity contribution in [2.75, 3.05) is 5.73 Å². The Labute approximate surface area is 105 Å². The molecule has 7 heteroatoms. The van der Waals surface area contributed by atoms with Crippen LogP contribution in [0.25, 0.3) is 11.4 Å². The highest BCUT2D eigenvalue weighted by Crippen LogP contribution is 2.36. The zero-order chi connectivity index (χ0) is 13.3. The molecule has 2 aromatic heterocycles. The van der Waals surface area contributed by atoms with Gasteiger partial charge in [-0.05, 0) is 18.2 Å². The van der Waals surface area contributed by atoms with E-state index in [1.54, 1.807) is 0 Å². The van der Waals surface area contributed by atoms with Gasteiger partial charge in [0.2, 0.25) is 0 Å². The molecule has 2 aromatic rings. The summed E-state index contributed by atoms with van der Waals surface area (Å²) in [5.41, 5.74) is 4.17. The number of aromatic nitrogens is 2. The molecule has 2 rings (SSSR count). The molecule has 0 bridgehead atoms. The summed E-state index contributed by atoms with van der Waals surface area (Å²) < 4.78 is 38.5. The van der Waals surface area contributed by atoms with Crippen molar-refractivity contribution in [3.8, 4) is 11.4 Å². The Hall–Kier alpha value is -1.82. The van der Waals surface area contributed by atoms with E-state index < -0.39 is 11.7 Å². The Morgan fingerprint density at radius 3 is 2.39 bits per heavy atom. The lowest BCUT2D eigenvalue weighted by Gasteiger charge is -2.12. The fraction of sp³-hybridized carbons (Fsp3) is 0.0909. The average Bonchev–Trinajstić information content (AvgIpc) is 2.29. The highest BCUT2D eigenvalue weighted by molar-refractivity contribution is 6.30. The van der Waals surface area contributed by atoms with E-state index in [4.69, 9.17) is 17.3 Å². The van der Waals surface area contributed by atoms with Crippen molar-refractivity contribution in [1.29, 1.82) is 0 Å². The summed E-state index contributed by atoms with van der Waals surface area (Å²) in [5, 5.41) is 0.336. The van der Waals surface area contributed by atoms with Crippen LogP contribution in [0.4, 0.5) is 18.9 Å². The van der Waals surface area contributed by atoms with E-state index in [-0.39, 0.29) is 17.1 Å². The van der Waals surface area contributed by atoms with Gasteiger partial charge < -0.3 is 5.73 Å². The third-order valence-corrected chi connectivity index (χ3v) is 2.41. The Kier molecular flexibility index (Phi) is 3.13. The number of halogens is 4. The minimum absolute atomic E-state index is 0.0555. The van der Waals surface area contributed by atoms with Gasteiger partial charge in [0, 0.05) is 6.20 Å². The molecule has 0 aliphatic rings. The van der Waals surface area contributed by atoms with Gasteiger partial charge in [0.15, 0.2) is 0 Å². The number of rotatable bonds is 1. The van der Waals surface area contributed by atoms with Crippen molar-refractivity contribution in [1.82, 2.24) is 9.97 Å². The number of hydrogen-bond acceptors (Lipinski definition) is 3. The highest BCUT2D eigenvalue weighted by atomic mass is 35.5. The Balaban J connectivity index is 2.60. The van der Waals surface area contributed by atoms with Crippen molar-refractivity contribution in [2.45, 2.75) is 6.18 Å². The molecule has 2 heterocycles. The van der Waals surface area contributed by atoms with Crippen LogP contribution < -0.4 is 5.73 Å². The second-order valence-electron chi connectivity index (χ2n) is 3.52. The van der Waals surface area contributed by atoms with Crippen LogP contribution in [-0.2, 0) is 6.18 Å². The van der Waals surface area contributed by atoms with Crippen LogP contribution in [0.15, 0.2) is 30.6 Å². The summed E-state index contributed by atoms with van der Waals surface area (Å²) in [6.07, 6.45) is -2.13. The van der Waals surface area contributed by atoms with Gasteiger partial charge in [-0.2, -0.15) is 13.2 Å². The molecule has 2 N–H and O–H groups in total. The van der Waals surface area contributed by atoms with Crippen molar-refractivity contribution in [3.05, 3.63) is 41.2 Å². The molecule has 0 saturated heterocycles. The van der Waals surface area contributed by atoms with Gasteiger partial charge in [0.1, 0.15) is 5.69 Å². The lowest BCUT2D eigenvalue weighted by Crippen LogP contribution is -2.10. The molecule has 0 fully saturated rings. The normalized spacial score (nSPS) is 11.6. The van der Waals surface area contributed by atoms with Gasteiger partial charge in [0.25, 0.3) is 0 Å². The molecule has 0 amide bonds. The Bertz CT molecular complexity index is 567. The highest BCUT2D eigenvalue weighted by Gasteiger charge is 2.35. The zero-order valence-corrected chi connectivity index (χ0v) is 9.63. The molecule has 0 radical (unpaired) electrons. The monoisotopic (exact) mass is 273 g/mol. The lowest BCUT2D eigenvalue weighted by molar-refractivity contribution is -0.137. The van der Waals surface area contributed by atoms with E-state index in [1.807, 2.05) is 0 Å². The van der Waals surface area contributed by atoms with Crippen LogP contribution in [0.2, 0.25) is 5.02 Å². The van der Waals surface area contributed by atoms with Gasteiger partial charge in [0.05, 0.1) is 28.2 Å². The maximum atomic E-state index is 12.8. The van der Waals surface area contributed by atoms with Gasteiger partial charge in [-0.15, -0.1) is 0 Å². The minimum atomic E-state index is -4.54.